The Balaban J connectivity index is 1.32. The van der Waals surface area contributed by atoms with Crippen molar-refractivity contribution in [2.75, 3.05) is 26.2 Å². The van der Waals surface area contributed by atoms with Gasteiger partial charge in [0.15, 0.2) is 0 Å². The molecule has 2 saturated heterocycles. The number of hydrogen-bond donors (Lipinski definition) is 0. The average molecular weight is 420 g/mol. The summed E-state index contributed by atoms with van der Waals surface area (Å²) in [6, 6.07) is 12.4. The fourth-order valence-electron chi connectivity index (χ4n) is 5.76. The van der Waals surface area contributed by atoms with Gasteiger partial charge in [-0.3, -0.25) is 14.5 Å². The molecule has 5 rings (SSSR count). The molecule has 2 atom stereocenters. The Hall–Kier alpha value is -2.40. The Morgan fingerprint density at radius 3 is 2.58 bits per heavy atom. The summed E-state index contributed by atoms with van der Waals surface area (Å²) in [4.78, 5) is 30.8. The summed E-state index contributed by atoms with van der Waals surface area (Å²) >= 11 is 0. The highest BCUT2D eigenvalue weighted by Crippen LogP contribution is 2.35. The fourth-order valence-corrected chi connectivity index (χ4v) is 5.76. The van der Waals surface area contributed by atoms with Gasteiger partial charge in [-0.2, -0.15) is 0 Å². The van der Waals surface area contributed by atoms with Crippen LogP contribution < -0.4 is 5.56 Å². The van der Waals surface area contributed by atoms with Gasteiger partial charge in [-0.15, -0.1) is 0 Å². The number of likely N-dealkylation sites (tertiary alicyclic amines) is 2. The number of pyridine rings is 1. The smallest absolute Gasteiger partial charge is 0.255 e. The van der Waals surface area contributed by atoms with E-state index in [-0.39, 0.29) is 17.4 Å². The molecule has 3 aliphatic rings. The highest BCUT2D eigenvalue weighted by Gasteiger charge is 2.36. The SMILES string of the molecule is Cc1ccccc1CC(=O)N1C[C@@H]2C[C@H](C1)c1ccc(CN3CCCCC3)c(=O)n1C2. The van der Waals surface area contributed by atoms with Crippen LogP contribution in [0, 0.1) is 12.8 Å². The molecule has 0 N–H and O–H groups in total. The van der Waals surface area contributed by atoms with Crippen molar-refractivity contribution in [3.05, 3.63) is 69.1 Å². The third-order valence-corrected chi connectivity index (χ3v) is 7.48. The number of carbonyl (C=O) groups excluding carboxylic acids is 1. The number of piperidine rings is 2. The number of aryl methyl sites for hydroxylation is 1. The largest absolute Gasteiger partial charge is 0.341 e. The van der Waals surface area contributed by atoms with Crippen LogP contribution in [0.3, 0.4) is 0 Å². The lowest BCUT2D eigenvalue weighted by Crippen LogP contribution is -2.50. The summed E-state index contributed by atoms with van der Waals surface area (Å²) in [6.45, 7) is 7.28. The number of carbonyl (C=O) groups is 1. The van der Waals surface area contributed by atoms with E-state index in [1.54, 1.807) is 0 Å². The van der Waals surface area contributed by atoms with Crippen molar-refractivity contribution >= 4 is 5.91 Å². The van der Waals surface area contributed by atoms with E-state index in [9.17, 15) is 9.59 Å². The molecule has 5 nitrogen and oxygen atoms in total. The molecule has 5 heteroatoms. The lowest BCUT2D eigenvalue weighted by Gasteiger charge is -2.43. The molecule has 0 spiro atoms. The number of aromatic nitrogens is 1. The fraction of sp³-hybridized carbons (Fsp3) is 0.538. The summed E-state index contributed by atoms with van der Waals surface area (Å²) in [5.41, 5.74) is 4.53. The van der Waals surface area contributed by atoms with E-state index >= 15 is 0 Å². The van der Waals surface area contributed by atoms with Crippen molar-refractivity contribution in [3.8, 4) is 0 Å². The maximum Gasteiger partial charge on any atom is 0.255 e. The molecule has 31 heavy (non-hydrogen) atoms. The molecule has 1 amide bonds. The zero-order valence-electron chi connectivity index (χ0n) is 18.6. The lowest BCUT2D eigenvalue weighted by molar-refractivity contribution is -0.133. The number of hydrogen-bond acceptors (Lipinski definition) is 3. The van der Waals surface area contributed by atoms with Crippen molar-refractivity contribution in [3.63, 3.8) is 0 Å². The summed E-state index contributed by atoms with van der Waals surface area (Å²) in [5, 5.41) is 0. The Kier molecular flexibility index (Phi) is 5.70. The van der Waals surface area contributed by atoms with Crippen molar-refractivity contribution in [1.29, 1.82) is 0 Å². The molecule has 2 fully saturated rings. The number of amides is 1. The van der Waals surface area contributed by atoms with Gasteiger partial charge in [0.25, 0.3) is 5.56 Å². The molecular weight excluding hydrogens is 386 g/mol. The summed E-state index contributed by atoms with van der Waals surface area (Å²) in [7, 11) is 0. The van der Waals surface area contributed by atoms with E-state index in [1.165, 1.54) is 24.8 Å². The summed E-state index contributed by atoms with van der Waals surface area (Å²) in [5.74, 6) is 0.849. The first-order valence-electron chi connectivity index (χ1n) is 11.9. The number of fused-ring (bicyclic) bond motifs is 4. The van der Waals surface area contributed by atoms with Crippen LogP contribution in [0.1, 0.15) is 54.0 Å². The van der Waals surface area contributed by atoms with Gasteiger partial charge in [0, 0.05) is 43.4 Å². The molecule has 0 saturated carbocycles. The zero-order chi connectivity index (χ0) is 21.4. The van der Waals surface area contributed by atoms with Crippen molar-refractivity contribution in [1.82, 2.24) is 14.4 Å². The molecule has 0 unspecified atom stereocenters. The third-order valence-electron chi connectivity index (χ3n) is 7.48. The van der Waals surface area contributed by atoms with E-state index in [0.29, 0.717) is 12.3 Å². The van der Waals surface area contributed by atoms with E-state index < -0.39 is 0 Å². The van der Waals surface area contributed by atoms with E-state index in [4.69, 9.17) is 0 Å². The normalized spacial score (nSPS) is 23.5. The van der Waals surface area contributed by atoms with Gasteiger partial charge < -0.3 is 9.47 Å². The van der Waals surface area contributed by atoms with Crippen LogP contribution in [0.5, 0.6) is 0 Å². The van der Waals surface area contributed by atoms with E-state index in [0.717, 1.165) is 62.5 Å². The molecule has 0 aliphatic carbocycles. The Bertz CT molecular complexity index is 1020. The molecular formula is C26H33N3O2. The highest BCUT2D eigenvalue weighted by atomic mass is 16.2. The first-order valence-corrected chi connectivity index (χ1v) is 11.9. The van der Waals surface area contributed by atoms with E-state index in [2.05, 4.69) is 36.1 Å². The maximum absolute atomic E-state index is 13.3. The Morgan fingerprint density at radius 2 is 1.77 bits per heavy atom. The minimum atomic E-state index is 0.192. The standard InChI is InChI=1S/C26H33N3O2/c1-19-7-3-4-8-21(19)14-25(30)28-15-20-13-23(18-28)24-10-9-22(26(31)29(24)16-20)17-27-11-5-2-6-12-27/h3-4,7-10,20,23H,2,5-6,11-18H2,1H3/t20-,23+/m0/s1. The second-order valence-electron chi connectivity index (χ2n) is 9.74. The zero-order valence-corrected chi connectivity index (χ0v) is 18.6. The van der Waals surface area contributed by atoms with Crippen molar-refractivity contribution in [2.45, 2.75) is 58.0 Å². The summed E-state index contributed by atoms with van der Waals surface area (Å²) < 4.78 is 2.03. The van der Waals surface area contributed by atoms with Gasteiger partial charge in [-0.25, -0.2) is 0 Å². The molecule has 2 bridgehead atoms. The molecule has 4 heterocycles. The minimum Gasteiger partial charge on any atom is -0.341 e. The van der Waals surface area contributed by atoms with E-state index in [1.807, 2.05) is 21.6 Å². The molecule has 1 aromatic carbocycles. The van der Waals surface area contributed by atoms with Crippen molar-refractivity contribution < 1.29 is 4.79 Å². The Morgan fingerprint density at radius 1 is 0.968 bits per heavy atom. The lowest BCUT2D eigenvalue weighted by atomic mass is 9.82. The van der Waals surface area contributed by atoms with Crippen LogP contribution in [-0.4, -0.2) is 46.5 Å². The van der Waals surface area contributed by atoms with Crippen LogP contribution >= 0.6 is 0 Å². The molecule has 1 aromatic heterocycles. The monoisotopic (exact) mass is 419 g/mol. The first kappa shape index (κ1) is 20.5. The van der Waals surface area contributed by atoms with Crippen LogP contribution in [-0.2, 0) is 24.3 Å². The molecule has 3 aliphatic heterocycles. The molecule has 164 valence electrons. The predicted octanol–water partition coefficient (Wildman–Crippen LogP) is 3.33. The van der Waals surface area contributed by atoms with Crippen molar-refractivity contribution in [2.24, 2.45) is 5.92 Å². The van der Waals surface area contributed by atoms with Crippen LogP contribution in [0.15, 0.2) is 41.2 Å². The molecule has 0 radical (unpaired) electrons. The maximum atomic E-state index is 13.3. The van der Waals surface area contributed by atoms with Gasteiger partial charge in [0.1, 0.15) is 0 Å². The predicted molar refractivity (Wildman–Crippen MR) is 122 cm³/mol. The van der Waals surface area contributed by atoms with Crippen LogP contribution in [0.25, 0.3) is 0 Å². The number of rotatable bonds is 4. The highest BCUT2D eigenvalue weighted by molar-refractivity contribution is 5.79. The third kappa shape index (κ3) is 4.20. The quantitative estimate of drug-likeness (QED) is 0.764. The van der Waals surface area contributed by atoms with Gasteiger partial charge >= 0.3 is 0 Å². The average Bonchev–Trinajstić information content (AvgIpc) is 2.78. The van der Waals surface area contributed by atoms with Gasteiger partial charge in [-0.1, -0.05) is 36.8 Å². The number of nitrogens with zero attached hydrogens (tertiary/aromatic N) is 3. The second kappa shape index (κ2) is 8.62. The molecule has 2 aromatic rings. The van der Waals surface area contributed by atoms with Crippen LogP contribution in [0.4, 0.5) is 0 Å². The second-order valence-corrected chi connectivity index (χ2v) is 9.74. The van der Waals surface area contributed by atoms with Gasteiger partial charge in [-0.05, 0) is 62.4 Å². The van der Waals surface area contributed by atoms with Crippen LogP contribution in [0.2, 0.25) is 0 Å². The topological polar surface area (TPSA) is 45.6 Å². The Labute approximate surface area is 184 Å². The van der Waals surface area contributed by atoms with Gasteiger partial charge in [0.2, 0.25) is 5.91 Å². The first-order chi connectivity index (χ1) is 15.1. The summed E-state index contributed by atoms with van der Waals surface area (Å²) in [6.07, 6.45) is 5.33. The number of benzene rings is 1. The van der Waals surface area contributed by atoms with Gasteiger partial charge in [0.05, 0.1) is 6.42 Å². The minimum absolute atomic E-state index is 0.192.